The summed E-state index contributed by atoms with van der Waals surface area (Å²) in [6.07, 6.45) is 1.74. The molecule has 19 heavy (non-hydrogen) atoms. The number of methoxy groups -OCH3 is 1. The first kappa shape index (κ1) is 16.4. The monoisotopic (exact) mass is 350 g/mol. The molecular formula is C12H19BrN2O3S. The number of sulfone groups is 1. The van der Waals surface area contributed by atoms with Crippen LogP contribution in [0.4, 0.5) is 0 Å². The average Bonchev–Trinajstić information content (AvgIpc) is 2.34. The first-order chi connectivity index (χ1) is 8.79. The van der Waals surface area contributed by atoms with Crippen molar-refractivity contribution in [2.24, 2.45) is 5.84 Å². The summed E-state index contributed by atoms with van der Waals surface area (Å²) in [4.78, 5) is 0. The highest BCUT2D eigenvalue weighted by Gasteiger charge is 2.25. The lowest BCUT2D eigenvalue weighted by Crippen LogP contribution is -2.47. The lowest BCUT2D eigenvalue weighted by Gasteiger charge is -2.22. The third-order valence-corrected chi connectivity index (χ3v) is 5.43. The van der Waals surface area contributed by atoms with E-state index in [1.165, 1.54) is 6.26 Å². The third kappa shape index (κ3) is 4.45. The molecule has 0 aliphatic heterocycles. The summed E-state index contributed by atoms with van der Waals surface area (Å²) >= 11 is 3.40. The summed E-state index contributed by atoms with van der Waals surface area (Å²) < 4.78 is 29.1. The zero-order valence-corrected chi connectivity index (χ0v) is 13.6. The maximum Gasteiger partial charge on any atom is 0.151 e. The fourth-order valence-electron chi connectivity index (χ4n) is 1.75. The molecule has 0 bridgehead atoms. The van der Waals surface area contributed by atoms with Crippen LogP contribution in [0.2, 0.25) is 0 Å². The van der Waals surface area contributed by atoms with E-state index in [0.29, 0.717) is 6.42 Å². The van der Waals surface area contributed by atoms with E-state index in [1.807, 2.05) is 18.2 Å². The number of hydrogen-bond donors (Lipinski definition) is 2. The molecule has 0 amide bonds. The summed E-state index contributed by atoms with van der Waals surface area (Å²) in [7, 11) is -1.54. The fraction of sp³-hybridized carbons (Fsp3) is 0.500. The maximum absolute atomic E-state index is 11.6. The van der Waals surface area contributed by atoms with E-state index in [1.54, 1.807) is 14.0 Å². The molecule has 0 saturated carbocycles. The Morgan fingerprint density at radius 1 is 1.47 bits per heavy atom. The van der Waals surface area contributed by atoms with E-state index in [2.05, 4.69) is 21.4 Å². The van der Waals surface area contributed by atoms with Crippen molar-refractivity contribution in [3.05, 3.63) is 28.2 Å². The van der Waals surface area contributed by atoms with Gasteiger partial charge in [0.05, 0.1) is 16.8 Å². The van der Waals surface area contributed by atoms with E-state index >= 15 is 0 Å². The number of hydrogen-bond acceptors (Lipinski definition) is 5. The lowest BCUT2D eigenvalue weighted by molar-refractivity contribution is 0.411. The number of hydrazine groups is 1. The van der Waals surface area contributed by atoms with Gasteiger partial charge < -0.3 is 4.74 Å². The minimum absolute atomic E-state index is 0.338. The topological polar surface area (TPSA) is 81.4 Å². The Morgan fingerprint density at radius 2 is 2.11 bits per heavy atom. The van der Waals surface area contributed by atoms with Gasteiger partial charge in [0.25, 0.3) is 0 Å². The molecule has 0 fully saturated rings. The van der Waals surface area contributed by atoms with Gasteiger partial charge in [-0.15, -0.1) is 0 Å². The highest BCUT2D eigenvalue weighted by atomic mass is 79.9. The Kier molecular flexibility index (Phi) is 5.79. The van der Waals surface area contributed by atoms with Crippen LogP contribution in [0.15, 0.2) is 22.7 Å². The molecule has 0 radical (unpaired) electrons. The maximum atomic E-state index is 11.6. The zero-order valence-electron chi connectivity index (χ0n) is 11.2. The van der Waals surface area contributed by atoms with Gasteiger partial charge in [-0.25, -0.2) is 8.42 Å². The minimum atomic E-state index is -3.14. The van der Waals surface area contributed by atoms with Gasteiger partial charge in [0.15, 0.2) is 9.84 Å². The van der Waals surface area contributed by atoms with Gasteiger partial charge in [0.1, 0.15) is 5.75 Å². The van der Waals surface area contributed by atoms with Crippen molar-refractivity contribution >= 4 is 25.8 Å². The molecule has 3 N–H and O–H groups in total. The van der Waals surface area contributed by atoms with Gasteiger partial charge in [0.2, 0.25) is 0 Å². The number of nitrogens with one attached hydrogen (secondary N) is 1. The van der Waals surface area contributed by atoms with Crippen molar-refractivity contribution in [2.45, 2.75) is 24.6 Å². The van der Waals surface area contributed by atoms with Crippen LogP contribution in [-0.2, 0) is 16.3 Å². The molecule has 0 heterocycles. The number of nitrogens with two attached hydrogens (primary N) is 1. The highest BCUT2D eigenvalue weighted by molar-refractivity contribution is 9.10. The van der Waals surface area contributed by atoms with Crippen molar-refractivity contribution in [1.82, 2.24) is 5.43 Å². The van der Waals surface area contributed by atoms with Gasteiger partial charge in [-0.1, -0.05) is 6.07 Å². The molecule has 1 rings (SSSR count). The van der Waals surface area contributed by atoms with Crippen LogP contribution in [-0.4, -0.2) is 33.1 Å². The van der Waals surface area contributed by atoms with Crippen LogP contribution in [0.1, 0.15) is 12.5 Å². The van der Waals surface area contributed by atoms with Gasteiger partial charge in [-0.2, -0.15) is 0 Å². The van der Waals surface area contributed by atoms with Crippen molar-refractivity contribution in [3.8, 4) is 5.75 Å². The van der Waals surface area contributed by atoms with Crippen molar-refractivity contribution in [3.63, 3.8) is 0 Å². The summed E-state index contributed by atoms with van der Waals surface area (Å²) in [6.45, 7) is 1.65. The quantitative estimate of drug-likeness (QED) is 0.596. The molecule has 1 aromatic rings. The van der Waals surface area contributed by atoms with Crippen molar-refractivity contribution in [2.75, 3.05) is 13.4 Å². The predicted octanol–water partition coefficient (Wildman–Crippen LogP) is 1.27. The molecule has 0 aliphatic rings. The summed E-state index contributed by atoms with van der Waals surface area (Å²) in [5.41, 5.74) is 3.56. The zero-order chi connectivity index (χ0) is 14.6. The normalized spacial score (nSPS) is 15.0. The van der Waals surface area contributed by atoms with Crippen molar-refractivity contribution < 1.29 is 13.2 Å². The summed E-state index contributed by atoms with van der Waals surface area (Å²) in [5, 5.41) is -0.557. The molecule has 0 aliphatic carbocycles. The molecule has 7 heteroatoms. The van der Waals surface area contributed by atoms with Gasteiger partial charge in [-0.3, -0.25) is 11.3 Å². The van der Waals surface area contributed by atoms with E-state index in [0.717, 1.165) is 15.8 Å². The Balaban J connectivity index is 2.90. The molecule has 0 saturated heterocycles. The first-order valence-electron chi connectivity index (χ1n) is 5.77. The van der Waals surface area contributed by atoms with E-state index in [-0.39, 0.29) is 6.04 Å². The Morgan fingerprint density at radius 3 is 2.53 bits per heavy atom. The lowest BCUT2D eigenvalue weighted by atomic mass is 10.0. The summed E-state index contributed by atoms with van der Waals surface area (Å²) in [5.74, 6) is 6.19. The Labute approximate surface area is 122 Å². The number of halogens is 1. The molecular weight excluding hydrogens is 332 g/mol. The smallest absolute Gasteiger partial charge is 0.151 e. The molecule has 2 atom stereocenters. The Bertz CT molecular complexity index is 534. The second-order valence-electron chi connectivity index (χ2n) is 4.48. The fourth-order valence-corrected chi connectivity index (χ4v) is 3.11. The summed E-state index contributed by atoms with van der Waals surface area (Å²) in [6, 6.07) is 5.29. The molecule has 5 nitrogen and oxygen atoms in total. The first-order valence-corrected chi connectivity index (χ1v) is 8.51. The largest absolute Gasteiger partial charge is 0.496 e. The molecule has 2 unspecified atom stereocenters. The van der Waals surface area contributed by atoms with Crippen LogP contribution >= 0.6 is 15.9 Å². The predicted molar refractivity (Wildman–Crippen MR) is 79.8 cm³/mol. The van der Waals surface area contributed by atoms with Crippen LogP contribution in [0, 0.1) is 0 Å². The average molecular weight is 351 g/mol. The molecule has 108 valence electrons. The number of benzene rings is 1. The van der Waals surface area contributed by atoms with Crippen LogP contribution in [0.3, 0.4) is 0 Å². The molecule has 0 aromatic heterocycles. The van der Waals surface area contributed by atoms with Crippen molar-refractivity contribution in [1.29, 1.82) is 0 Å². The number of ether oxygens (including phenoxy) is 1. The van der Waals surface area contributed by atoms with Gasteiger partial charge in [-0.05, 0) is 47.0 Å². The third-order valence-electron chi connectivity index (χ3n) is 3.13. The second kappa shape index (κ2) is 6.69. The highest BCUT2D eigenvalue weighted by Crippen LogP contribution is 2.26. The minimum Gasteiger partial charge on any atom is -0.496 e. The Hall–Kier alpha value is -0.630. The van der Waals surface area contributed by atoms with E-state index < -0.39 is 15.1 Å². The van der Waals surface area contributed by atoms with E-state index in [9.17, 15) is 8.42 Å². The number of rotatable bonds is 6. The molecule has 0 spiro atoms. The van der Waals surface area contributed by atoms with Gasteiger partial charge >= 0.3 is 0 Å². The SMILES string of the molecule is COc1ccc(CC(NN)C(C)S(C)(=O)=O)cc1Br. The van der Waals surface area contributed by atoms with Crippen LogP contribution in [0.25, 0.3) is 0 Å². The standard InChI is InChI=1S/C12H19BrN2O3S/c1-8(19(3,16)17)11(15-14)7-9-4-5-12(18-2)10(13)6-9/h4-6,8,11,15H,7,14H2,1-3H3. The van der Waals surface area contributed by atoms with Crippen LogP contribution < -0.4 is 16.0 Å². The van der Waals surface area contributed by atoms with Crippen LogP contribution in [0.5, 0.6) is 5.75 Å². The second-order valence-corrected chi connectivity index (χ2v) is 7.74. The van der Waals surface area contributed by atoms with E-state index in [4.69, 9.17) is 10.6 Å². The molecule has 1 aromatic carbocycles. The van der Waals surface area contributed by atoms with Gasteiger partial charge in [0, 0.05) is 12.3 Å².